The maximum atomic E-state index is 12.6. The number of sulfonamides is 1. The van der Waals surface area contributed by atoms with E-state index >= 15 is 0 Å². The Bertz CT molecular complexity index is 1130. The molecule has 1 amide bonds. The molecule has 1 fully saturated rings. The van der Waals surface area contributed by atoms with Crippen LogP contribution in [-0.2, 0) is 21.3 Å². The van der Waals surface area contributed by atoms with E-state index < -0.39 is 10.0 Å². The zero-order valence-electron chi connectivity index (χ0n) is 16.2. The molecule has 0 saturated carbocycles. The summed E-state index contributed by atoms with van der Waals surface area (Å²) >= 11 is 1.05. The lowest BCUT2D eigenvalue weighted by Crippen LogP contribution is -2.40. The molecule has 3 aromatic rings. The van der Waals surface area contributed by atoms with Crippen LogP contribution >= 0.6 is 11.3 Å². The highest BCUT2D eigenvalue weighted by Crippen LogP contribution is 2.27. The summed E-state index contributed by atoms with van der Waals surface area (Å²) in [6, 6.07) is 9.09. The highest BCUT2D eigenvalue weighted by atomic mass is 32.2. The number of nitrogens with zero attached hydrogens (tertiary/aromatic N) is 3. The van der Waals surface area contributed by atoms with Crippen LogP contribution in [0.1, 0.15) is 21.8 Å². The maximum Gasteiger partial charge on any atom is 0.316 e. The van der Waals surface area contributed by atoms with Gasteiger partial charge in [-0.3, -0.25) is 4.79 Å². The molecule has 1 aromatic carbocycles. The first kappa shape index (κ1) is 20.7. The molecule has 1 N–H and O–H groups in total. The van der Waals surface area contributed by atoms with Crippen LogP contribution in [-0.4, -0.2) is 55.7 Å². The fourth-order valence-electron chi connectivity index (χ4n) is 2.86. The number of hydrogen-bond acceptors (Lipinski definition) is 8. The van der Waals surface area contributed by atoms with E-state index in [-0.39, 0.29) is 28.4 Å². The topological polar surface area (TPSA) is 115 Å². The number of ether oxygens (including phenoxy) is 1. The SMILES string of the molecule is Cc1ccc(CNS(=O)(=O)c2cc(-c3noc(C(=O)N4CCOCC4)n3)cs2)cc1. The highest BCUT2D eigenvalue weighted by molar-refractivity contribution is 7.91. The number of thiophene rings is 1. The van der Waals surface area contributed by atoms with Crippen LogP contribution in [0.3, 0.4) is 0 Å². The molecular weight excluding hydrogens is 428 g/mol. The first-order valence-electron chi connectivity index (χ1n) is 9.27. The van der Waals surface area contributed by atoms with Crippen LogP contribution in [0.15, 0.2) is 44.4 Å². The van der Waals surface area contributed by atoms with E-state index in [0.29, 0.717) is 31.9 Å². The largest absolute Gasteiger partial charge is 0.378 e. The second-order valence-corrected chi connectivity index (χ2v) is 9.70. The number of carbonyl (C=O) groups excluding carboxylic acids is 1. The fourth-order valence-corrected chi connectivity index (χ4v) is 5.08. The van der Waals surface area contributed by atoms with Crippen molar-refractivity contribution in [2.24, 2.45) is 0 Å². The molecule has 158 valence electrons. The van der Waals surface area contributed by atoms with Crippen LogP contribution in [0.2, 0.25) is 0 Å². The van der Waals surface area contributed by atoms with Gasteiger partial charge in [-0.25, -0.2) is 13.1 Å². The van der Waals surface area contributed by atoms with Crippen molar-refractivity contribution in [3.05, 3.63) is 52.7 Å². The van der Waals surface area contributed by atoms with Crippen molar-refractivity contribution in [1.82, 2.24) is 19.8 Å². The molecule has 1 aliphatic heterocycles. The van der Waals surface area contributed by atoms with Crippen LogP contribution in [0.5, 0.6) is 0 Å². The molecule has 0 atom stereocenters. The summed E-state index contributed by atoms with van der Waals surface area (Å²) in [7, 11) is -3.69. The second kappa shape index (κ2) is 8.64. The average molecular weight is 449 g/mol. The molecule has 0 spiro atoms. The van der Waals surface area contributed by atoms with Gasteiger partial charge in [-0.05, 0) is 18.6 Å². The minimum Gasteiger partial charge on any atom is -0.378 e. The number of nitrogens with one attached hydrogen (secondary N) is 1. The lowest BCUT2D eigenvalue weighted by atomic mass is 10.2. The van der Waals surface area contributed by atoms with Crippen LogP contribution < -0.4 is 4.72 Å². The zero-order chi connectivity index (χ0) is 21.1. The van der Waals surface area contributed by atoms with Gasteiger partial charge in [0.1, 0.15) is 4.21 Å². The van der Waals surface area contributed by atoms with Crippen LogP contribution in [0.25, 0.3) is 11.4 Å². The van der Waals surface area contributed by atoms with E-state index in [0.717, 1.165) is 22.5 Å². The van der Waals surface area contributed by atoms with Gasteiger partial charge >= 0.3 is 11.8 Å². The average Bonchev–Trinajstić information content (AvgIpc) is 3.44. The summed E-state index contributed by atoms with van der Waals surface area (Å²) in [4.78, 5) is 18.1. The molecule has 0 bridgehead atoms. The normalized spacial score (nSPS) is 14.8. The number of benzene rings is 1. The molecule has 1 saturated heterocycles. The quantitative estimate of drug-likeness (QED) is 0.614. The maximum absolute atomic E-state index is 12.6. The standard InChI is InChI=1S/C19H20N4O5S2/c1-13-2-4-14(5-3-13)11-20-30(25,26)16-10-15(12-29-16)17-21-18(28-22-17)19(24)23-6-8-27-9-7-23/h2-5,10,12,20H,6-9,11H2,1H3. The zero-order valence-corrected chi connectivity index (χ0v) is 17.8. The summed E-state index contributed by atoms with van der Waals surface area (Å²) in [5.41, 5.74) is 2.45. The van der Waals surface area contributed by atoms with Crippen molar-refractivity contribution < 1.29 is 22.5 Å². The Kier molecular flexibility index (Phi) is 5.95. The van der Waals surface area contributed by atoms with E-state index in [4.69, 9.17) is 9.26 Å². The van der Waals surface area contributed by atoms with Gasteiger partial charge in [0.2, 0.25) is 15.8 Å². The van der Waals surface area contributed by atoms with E-state index in [1.807, 2.05) is 31.2 Å². The molecule has 0 radical (unpaired) electrons. The van der Waals surface area contributed by atoms with Gasteiger partial charge in [-0.2, -0.15) is 4.98 Å². The van der Waals surface area contributed by atoms with Crippen LogP contribution in [0.4, 0.5) is 0 Å². The molecule has 1 aliphatic rings. The van der Waals surface area contributed by atoms with Gasteiger partial charge in [0.05, 0.1) is 13.2 Å². The lowest BCUT2D eigenvalue weighted by molar-refractivity contribution is 0.0272. The number of carbonyl (C=O) groups is 1. The van der Waals surface area contributed by atoms with E-state index in [1.165, 1.54) is 6.07 Å². The Morgan fingerprint density at radius 3 is 2.70 bits per heavy atom. The minimum atomic E-state index is -3.69. The third-order valence-electron chi connectivity index (χ3n) is 4.59. The summed E-state index contributed by atoms with van der Waals surface area (Å²) < 4.78 is 38.2. The minimum absolute atomic E-state index is 0.125. The van der Waals surface area contributed by atoms with E-state index in [9.17, 15) is 13.2 Å². The summed E-state index contributed by atoms with van der Waals surface area (Å²) in [5, 5.41) is 5.45. The number of rotatable bonds is 6. The van der Waals surface area contributed by atoms with Gasteiger partial charge in [0, 0.05) is 30.6 Å². The molecule has 0 unspecified atom stereocenters. The first-order valence-corrected chi connectivity index (χ1v) is 11.6. The Labute approximate surface area is 177 Å². The predicted molar refractivity (Wildman–Crippen MR) is 110 cm³/mol. The molecule has 4 rings (SSSR count). The number of amides is 1. The Morgan fingerprint density at radius 2 is 1.97 bits per heavy atom. The number of aromatic nitrogens is 2. The van der Waals surface area contributed by atoms with Crippen molar-refractivity contribution >= 4 is 27.3 Å². The Balaban J connectivity index is 1.45. The number of morpholine rings is 1. The summed E-state index contributed by atoms with van der Waals surface area (Å²) in [6.45, 7) is 4.02. The number of hydrogen-bond donors (Lipinski definition) is 1. The molecule has 9 nitrogen and oxygen atoms in total. The molecule has 2 aromatic heterocycles. The van der Waals surface area contributed by atoms with Crippen molar-refractivity contribution in [2.75, 3.05) is 26.3 Å². The Morgan fingerprint density at radius 1 is 1.23 bits per heavy atom. The molecule has 3 heterocycles. The summed E-state index contributed by atoms with van der Waals surface area (Å²) in [6.07, 6.45) is 0. The van der Waals surface area contributed by atoms with E-state index in [1.54, 1.807) is 10.3 Å². The van der Waals surface area contributed by atoms with Crippen molar-refractivity contribution in [3.63, 3.8) is 0 Å². The monoisotopic (exact) mass is 448 g/mol. The van der Waals surface area contributed by atoms with Crippen molar-refractivity contribution in [2.45, 2.75) is 17.7 Å². The molecule has 0 aliphatic carbocycles. The van der Waals surface area contributed by atoms with Gasteiger partial charge in [-0.15, -0.1) is 11.3 Å². The summed E-state index contributed by atoms with van der Waals surface area (Å²) in [5.74, 6) is -0.317. The lowest BCUT2D eigenvalue weighted by Gasteiger charge is -2.25. The van der Waals surface area contributed by atoms with E-state index in [2.05, 4.69) is 14.9 Å². The predicted octanol–water partition coefficient (Wildman–Crippen LogP) is 2.06. The fraction of sp³-hybridized carbons (Fsp3) is 0.316. The van der Waals surface area contributed by atoms with Crippen LogP contribution in [0, 0.1) is 6.92 Å². The first-order chi connectivity index (χ1) is 14.4. The van der Waals surface area contributed by atoms with Crippen molar-refractivity contribution in [3.8, 4) is 11.4 Å². The highest BCUT2D eigenvalue weighted by Gasteiger charge is 2.25. The Hall–Kier alpha value is -2.60. The van der Waals surface area contributed by atoms with Gasteiger partial charge in [0.15, 0.2) is 0 Å². The second-order valence-electron chi connectivity index (χ2n) is 6.79. The molecular formula is C19H20N4O5S2. The third-order valence-corrected chi connectivity index (χ3v) is 7.43. The molecule has 11 heteroatoms. The smallest absolute Gasteiger partial charge is 0.316 e. The van der Waals surface area contributed by atoms with Gasteiger partial charge < -0.3 is 14.2 Å². The van der Waals surface area contributed by atoms with Gasteiger partial charge in [0.25, 0.3) is 0 Å². The van der Waals surface area contributed by atoms with Gasteiger partial charge in [-0.1, -0.05) is 35.0 Å². The third kappa shape index (κ3) is 4.59. The molecule has 30 heavy (non-hydrogen) atoms. The van der Waals surface area contributed by atoms with Crippen molar-refractivity contribution in [1.29, 1.82) is 0 Å². The number of aryl methyl sites for hydroxylation is 1.